The molecule has 0 spiro atoms. The van der Waals surface area contributed by atoms with Gasteiger partial charge in [-0.3, -0.25) is 0 Å². The van der Waals surface area contributed by atoms with Gasteiger partial charge in [-0.2, -0.15) is 0 Å². The highest BCUT2D eigenvalue weighted by molar-refractivity contribution is 8.13. The molecule has 1 aromatic rings. The van der Waals surface area contributed by atoms with E-state index in [1.165, 1.54) is 12.1 Å². The Hall–Kier alpha value is -1.27. The number of ether oxygens (including phenoxy) is 1. The topological polar surface area (TPSA) is 72.5 Å². The van der Waals surface area contributed by atoms with Gasteiger partial charge in [-0.15, -0.1) is 0 Å². The van der Waals surface area contributed by atoms with Gasteiger partial charge in [-0.25, -0.2) is 13.2 Å². The molecule has 1 rings (SSSR count). The number of hydrogen-bond donors (Lipinski definition) is 1. The van der Waals surface area contributed by atoms with Crippen LogP contribution in [0.25, 0.3) is 0 Å². The Kier molecular flexibility index (Phi) is 4.98. The third-order valence-electron chi connectivity index (χ3n) is 1.98. The lowest BCUT2D eigenvalue weighted by molar-refractivity contribution is 0.115. The SMILES string of the molecule is CC(C)OC(=O)NCc1ccc(S(=O)(=O)Cl)cc1. The molecule has 18 heavy (non-hydrogen) atoms. The predicted octanol–water partition coefficient (Wildman–Crippen LogP) is 2.25. The second-order valence-corrected chi connectivity index (χ2v) is 6.46. The van der Waals surface area contributed by atoms with Gasteiger partial charge in [0.2, 0.25) is 0 Å². The molecule has 0 aliphatic heterocycles. The van der Waals surface area contributed by atoms with Crippen LogP contribution in [0.15, 0.2) is 29.2 Å². The molecule has 0 saturated heterocycles. The molecular weight excluding hydrogens is 278 g/mol. The quantitative estimate of drug-likeness (QED) is 0.864. The van der Waals surface area contributed by atoms with Crippen LogP contribution in [0.3, 0.4) is 0 Å². The number of halogens is 1. The third kappa shape index (κ3) is 4.93. The van der Waals surface area contributed by atoms with Gasteiger partial charge in [-0.1, -0.05) is 12.1 Å². The van der Waals surface area contributed by atoms with Gasteiger partial charge in [0, 0.05) is 17.2 Å². The zero-order valence-corrected chi connectivity index (χ0v) is 11.6. The van der Waals surface area contributed by atoms with E-state index in [1.54, 1.807) is 26.0 Å². The Morgan fingerprint density at radius 3 is 2.33 bits per heavy atom. The molecule has 0 heterocycles. The van der Waals surface area contributed by atoms with Gasteiger partial charge >= 0.3 is 6.09 Å². The summed E-state index contributed by atoms with van der Waals surface area (Å²) in [5, 5.41) is 2.54. The smallest absolute Gasteiger partial charge is 0.407 e. The number of alkyl carbamates (subject to hydrolysis) is 1. The number of rotatable bonds is 4. The van der Waals surface area contributed by atoms with Crippen LogP contribution in [0.2, 0.25) is 0 Å². The zero-order valence-electron chi connectivity index (χ0n) is 10.0. The van der Waals surface area contributed by atoms with E-state index in [0.29, 0.717) is 0 Å². The van der Waals surface area contributed by atoms with E-state index in [-0.39, 0.29) is 17.5 Å². The molecule has 100 valence electrons. The largest absolute Gasteiger partial charge is 0.447 e. The molecule has 0 unspecified atom stereocenters. The minimum absolute atomic E-state index is 0.0256. The van der Waals surface area contributed by atoms with Crippen LogP contribution in [0, 0.1) is 0 Å². The van der Waals surface area contributed by atoms with E-state index < -0.39 is 15.1 Å². The number of benzene rings is 1. The maximum atomic E-state index is 11.2. The van der Waals surface area contributed by atoms with E-state index in [9.17, 15) is 13.2 Å². The molecule has 1 aromatic carbocycles. The average Bonchev–Trinajstić information content (AvgIpc) is 2.25. The Balaban J connectivity index is 2.57. The molecule has 7 heteroatoms. The summed E-state index contributed by atoms with van der Waals surface area (Å²) in [5.41, 5.74) is 0.750. The number of amides is 1. The number of hydrogen-bond acceptors (Lipinski definition) is 4. The van der Waals surface area contributed by atoms with Crippen LogP contribution in [0.1, 0.15) is 19.4 Å². The second-order valence-electron chi connectivity index (χ2n) is 3.89. The molecule has 0 radical (unpaired) electrons. The summed E-state index contributed by atoms with van der Waals surface area (Å²) in [4.78, 5) is 11.2. The van der Waals surface area contributed by atoms with Crippen LogP contribution in [0.4, 0.5) is 4.79 Å². The predicted molar refractivity (Wildman–Crippen MR) is 67.9 cm³/mol. The fourth-order valence-electron chi connectivity index (χ4n) is 1.20. The van der Waals surface area contributed by atoms with Crippen molar-refractivity contribution >= 4 is 25.8 Å². The lowest BCUT2D eigenvalue weighted by Crippen LogP contribution is -2.26. The van der Waals surface area contributed by atoms with Gasteiger partial charge < -0.3 is 10.1 Å². The maximum Gasteiger partial charge on any atom is 0.407 e. The molecular formula is C11H14ClNO4S. The first-order valence-corrected chi connectivity index (χ1v) is 7.58. The number of carbonyl (C=O) groups is 1. The highest BCUT2D eigenvalue weighted by atomic mass is 35.7. The van der Waals surface area contributed by atoms with Crippen molar-refractivity contribution in [1.82, 2.24) is 5.32 Å². The van der Waals surface area contributed by atoms with Gasteiger partial charge in [0.25, 0.3) is 9.05 Å². The minimum atomic E-state index is -3.71. The summed E-state index contributed by atoms with van der Waals surface area (Å²) in [6.07, 6.45) is -0.701. The van der Waals surface area contributed by atoms with Gasteiger partial charge in [-0.05, 0) is 31.5 Å². The van der Waals surface area contributed by atoms with Crippen molar-refractivity contribution in [1.29, 1.82) is 0 Å². The molecule has 0 atom stereocenters. The van der Waals surface area contributed by atoms with E-state index in [0.717, 1.165) is 5.56 Å². The summed E-state index contributed by atoms with van der Waals surface area (Å²) in [7, 11) is 1.47. The van der Waals surface area contributed by atoms with Gasteiger partial charge in [0.05, 0.1) is 11.0 Å². The Labute approximate surface area is 111 Å². The Bertz CT molecular complexity index is 510. The maximum absolute atomic E-state index is 11.2. The van der Waals surface area contributed by atoms with Crippen LogP contribution >= 0.6 is 10.7 Å². The third-order valence-corrected chi connectivity index (χ3v) is 3.35. The van der Waals surface area contributed by atoms with Crippen LogP contribution in [-0.4, -0.2) is 20.6 Å². The lowest BCUT2D eigenvalue weighted by atomic mass is 10.2. The normalized spacial score (nSPS) is 11.3. The highest BCUT2D eigenvalue weighted by Crippen LogP contribution is 2.15. The van der Waals surface area contributed by atoms with E-state index in [2.05, 4.69) is 5.32 Å². The van der Waals surface area contributed by atoms with E-state index >= 15 is 0 Å². The average molecular weight is 292 g/mol. The standard InChI is InChI=1S/C11H14ClNO4S/c1-8(2)17-11(14)13-7-9-3-5-10(6-4-9)18(12,15)16/h3-6,8H,7H2,1-2H3,(H,13,14). The minimum Gasteiger partial charge on any atom is -0.447 e. The molecule has 0 saturated carbocycles. The summed E-state index contributed by atoms with van der Waals surface area (Å²) in [6.45, 7) is 3.76. The van der Waals surface area contributed by atoms with E-state index in [1.807, 2.05) is 0 Å². The summed E-state index contributed by atoms with van der Waals surface area (Å²) in [6, 6.07) is 5.91. The molecule has 0 aliphatic carbocycles. The van der Waals surface area contributed by atoms with Crippen LogP contribution in [-0.2, 0) is 20.3 Å². The van der Waals surface area contributed by atoms with Crippen molar-refractivity contribution in [2.45, 2.75) is 31.4 Å². The van der Waals surface area contributed by atoms with Crippen molar-refractivity contribution in [3.8, 4) is 0 Å². The fraction of sp³-hybridized carbons (Fsp3) is 0.364. The number of nitrogens with one attached hydrogen (secondary N) is 1. The molecule has 0 bridgehead atoms. The first-order chi connectivity index (χ1) is 8.29. The molecule has 1 N–H and O–H groups in total. The summed E-state index contributed by atoms with van der Waals surface area (Å²) in [5.74, 6) is 0. The van der Waals surface area contributed by atoms with Gasteiger partial charge in [0.1, 0.15) is 0 Å². The first-order valence-electron chi connectivity index (χ1n) is 5.27. The zero-order chi connectivity index (χ0) is 13.8. The number of carbonyl (C=O) groups excluding carboxylic acids is 1. The van der Waals surface area contributed by atoms with Crippen molar-refractivity contribution in [2.24, 2.45) is 0 Å². The van der Waals surface area contributed by atoms with Gasteiger partial charge in [0.15, 0.2) is 0 Å². The highest BCUT2D eigenvalue weighted by Gasteiger charge is 2.09. The van der Waals surface area contributed by atoms with Crippen molar-refractivity contribution in [2.75, 3.05) is 0 Å². The molecule has 0 aromatic heterocycles. The van der Waals surface area contributed by atoms with Crippen molar-refractivity contribution in [3.63, 3.8) is 0 Å². The van der Waals surface area contributed by atoms with Crippen molar-refractivity contribution < 1.29 is 17.9 Å². The monoisotopic (exact) mass is 291 g/mol. The fourth-order valence-corrected chi connectivity index (χ4v) is 1.97. The molecule has 0 aliphatic rings. The van der Waals surface area contributed by atoms with Crippen LogP contribution < -0.4 is 5.32 Å². The van der Waals surface area contributed by atoms with Crippen molar-refractivity contribution in [3.05, 3.63) is 29.8 Å². The molecule has 0 fully saturated rings. The first kappa shape index (κ1) is 14.8. The molecule has 5 nitrogen and oxygen atoms in total. The van der Waals surface area contributed by atoms with E-state index in [4.69, 9.17) is 15.4 Å². The lowest BCUT2D eigenvalue weighted by Gasteiger charge is -2.09. The van der Waals surface area contributed by atoms with Crippen LogP contribution in [0.5, 0.6) is 0 Å². The Morgan fingerprint density at radius 1 is 1.33 bits per heavy atom. The Morgan fingerprint density at radius 2 is 1.89 bits per heavy atom. The summed E-state index contributed by atoms with van der Waals surface area (Å²) >= 11 is 0. The summed E-state index contributed by atoms with van der Waals surface area (Å²) < 4.78 is 26.9. The second kappa shape index (κ2) is 6.06. The molecule has 1 amide bonds.